The summed E-state index contributed by atoms with van der Waals surface area (Å²) in [6.45, 7) is -0.374. The molecule has 0 unspecified atom stereocenters. The molecule has 1 heterocycles. The maximum absolute atomic E-state index is 12.3. The first kappa shape index (κ1) is 16.0. The minimum Gasteiger partial charge on any atom is -0.497 e. The third-order valence-corrected chi connectivity index (χ3v) is 3.82. The Morgan fingerprint density at radius 1 is 1.12 bits per heavy atom. The maximum Gasteiger partial charge on any atom is 0.262 e. The van der Waals surface area contributed by atoms with Gasteiger partial charge in [0.1, 0.15) is 12.3 Å². The third kappa shape index (κ3) is 2.96. The molecule has 0 radical (unpaired) electrons. The molecule has 1 N–H and O–H groups in total. The lowest BCUT2D eigenvalue weighted by Crippen LogP contribution is -2.37. The molecular formula is C17H13ClN2O4. The van der Waals surface area contributed by atoms with Crippen molar-refractivity contribution >= 4 is 35.0 Å². The number of hydrogen-bond acceptors (Lipinski definition) is 4. The Bertz CT molecular complexity index is 850. The largest absolute Gasteiger partial charge is 0.497 e. The number of ether oxygens (including phenoxy) is 1. The third-order valence-electron chi connectivity index (χ3n) is 3.59. The van der Waals surface area contributed by atoms with E-state index in [4.69, 9.17) is 16.3 Å². The van der Waals surface area contributed by atoms with Gasteiger partial charge < -0.3 is 10.1 Å². The number of rotatable bonds is 4. The van der Waals surface area contributed by atoms with Crippen LogP contribution in [0.5, 0.6) is 5.75 Å². The number of imide groups is 1. The van der Waals surface area contributed by atoms with Crippen LogP contribution in [0.25, 0.3) is 0 Å². The van der Waals surface area contributed by atoms with Crippen LogP contribution in [0.3, 0.4) is 0 Å². The number of nitrogens with zero attached hydrogens (tertiary/aromatic N) is 1. The van der Waals surface area contributed by atoms with Gasteiger partial charge >= 0.3 is 0 Å². The van der Waals surface area contributed by atoms with Gasteiger partial charge in [-0.1, -0.05) is 17.7 Å². The van der Waals surface area contributed by atoms with Crippen LogP contribution in [-0.2, 0) is 4.79 Å². The van der Waals surface area contributed by atoms with Crippen molar-refractivity contribution in [3.63, 3.8) is 0 Å². The molecule has 2 aromatic rings. The lowest BCUT2D eigenvalue weighted by Gasteiger charge is -2.14. The van der Waals surface area contributed by atoms with E-state index in [1.54, 1.807) is 24.3 Å². The molecule has 6 nitrogen and oxygen atoms in total. The first-order valence-electron chi connectivity index (χ1n) is 7.09. The van der Waals surface area contributed by atoms with Gasteiger partial charge in [0.15, 0.2) is 0 Å². The molecule has 0 aliphatic carbocycles. The smallest absolute Gasteiger partial charge is 0.262 e. The minimum absolute atomic E-state index is 0.210. The SMILES string of the molecule is COc1cccc(NC(=O)CN2C(=O)c3ccc(Cl)cc3C2=O)c1. The van der Waals surface area contributed by atoms with Crippen molar-refractivity contribution in [3.05, 3.63) is 58.6 Å². The van der Waals surface area contributed by atoms with Crippen LogP contribution >= 0.6 is 11.6 Å². The van der Waals surface area contributed by atoms with Gasteiger partial charge in [0.2, 0.25) is 5.91 Å². The predicted molar refractivity (Wildman–Crippen MR) is 88.4 cm³/mol. The second-order valence-corrected chi connectivity index (χ2v) is 5.60. The van der Waals surface area contributed by atoms with Crippen molar-refractivity contribution in [2.75, 3.05) is 19.0 Å². The van der Waals surface area contributed by atoms with Crippen LogP contribution in [0.2, 0.25) is 5.02 Å². The maximum atomic E-state index is 12.3. The van der Waals surface area contributed by atoms with Crippen LogP contribution in [0.1, 0.15) is 20.7 Å². The van der Waals surface area contributed by atoms with Crippen LogP contribution < -0.4 is 10.1 Å². The number of carbonyl (C=O) groups is 3. The highest BCUT2D eigenvalue weighted by atomic mass is 35.5. The van der Waals surface area contributed by atoms with Gasteiger partial charge in [-0.3, -0.25) is 19.3 Å². The molecule has 24 heavy (non-hydrogen) atoms. The van der Waals surface area contributed by atoms with Gasteiger partial charge in [-0.05, 0) is 30.3 Å². The topological polar surface area (TPSA) is 75.7 Å². The summed E-state index contributed by atoms with van der Waals surface area (Å²) in [5.41, 5.74) is 0.972. The molecule has 0 aromatic heterocycles. The fourth-order valence-corrected chi connectivity index (χ4v) is 2.62. The van der Waals surface area contributed by atoms with E-state index >= 15 is 0 Å². The number of benzene rings is 2. The molecule has 0 atom stereocenters. The van der Waals surface area contributed by atoms with E-state index in [1.165, 1.54) is 25.3 Å². The van der Waals surface area contributed by atoms with E-state index in [2.05, 4.69) is 5.32 Å². The summed E-state index contributed by atoms with van der Waals surface area (Å²) >= 11 is 5.85. The first-order valence-corrected chi connectivity index (χ1v) is 7.47. The quantitative estimate of drug-likeness (QED) is 0.865. The zero-order chi connectivity index (χ0) is 17.3. The van der Waals surface area contributed by atoms with Gasteiger partial charge in [0.25, 0.3) is 11.8 Å². The lowest BCUT2D eigenvalue weighted by molar-refractivity contribution is -0.116. The molecule has 3 rings (SSSR count). The number of carbonyl (C=O) groups excluding carboxylic acids is 3. The van der Waals surface area contributed by atoms with Gasteiger partial charge in [0, 0.05) is 16.8 Å². The van der Waals surface area contributed by atoms with Crippen molar-refractivity contribution in [2.24, 2.45) is 0 Å². The number of methoxy groups -OCH3 is 1. The molecular weight excluding hydrogens is 332 g/mol. The molecule has 0 fully saturated rings. The number of hydrogen-bond donors (Lipinski definition) is 1. The fourth-order valence-electron chi connectivity index (χ4n) is 2.45. The molecule has 0 bridgehead atoms. The van der Waals surface area contributed by atoms with Crippen molar-refractivity contribution in [1.29, 1.82) is 0 Å². The highest BCUT2D eigenvalue weighted by molar-refractivity contribution is 6.32. The Morgan fingerprint density at radius 2 is 1.88 bits per heavy atom. The van der Waals surface area contributed by atoms with E-state index < -0.39 is 17.7 Å². The summed E-state index contributed by atoms with van der Waals surface area (Å²) in [5.74, 6) is -0.933. The number of anilines is 1. The average molecular weight is 345 g/mol. The van der Waals surface area contributed by atoms with Gasteiger partial charge in [-0.25, -0.2) is 0 Å². The highest BCUT2D eigenvalue weighted by Crippen LogP contribution is 2.25. The average Bonchev–Trinajstić information content (AvgIpc) is 2.79. The lowest BCUT2D eigenvalue weighted by atomic mass is 10.1. The predicted octanol–water partition coefficient (Wildman–Crippen LogP) is 2.58. The number of halogens is 1. The Kier molecular flexibility index (Phi) is 4.22. The van der Waals surface area contributed by atoms with Crippen LogP contribution in [-0.4, -0.2) is 36.3 Å². The van der Waals surface area contributed by atoms with E-state index in [-0.39, 0.29) is 17.7 Å². The Balaban J connectivity index is 1.73. The standard InChI is InChI=1S/C17H13ClN2O4/c1-24-12-4-2-3-11(8-12)19-15(21)9-20-16(22)13-6-5-10(18)7-14(13)17(20)23/h2-8H,9H2,1H3,(H,19,21). The fraction of sp³-hybridized carbons (Fsp3) is 0.118. The molecule has 1 aliphatic rings. The Labute approximate surface area is 143 Å². The molecule has 3 amide bonds. The highest BCUT2D eigenvalue weighted by Gasteiger charge is 2.36. The second-order valence-electron chi connectivity index (χ2n) is 5.17. The summed E-state index contributed by atoms with van der Waals surface area (Å²) in [7, 11) is 1.52. The zero-order valence-corrected chi connectivity index (χ0v) is 13.5. The van der Waals surface area contributed by atoms with Crippen molar-refractivity contribution in [1.82, 2.24) is 4.90 Å². The van der Waals surface area contributed by atoms with Crippen molar-refractivity contribution in [2.45, 2.75) is 0 Å². The molecule has 0 saturated carbocycles. The van der Waals surface area contributed by atoms with Gasteiger partial charge in [-0.15, -0.1) is 0 Å². The number of fused-ring (bicyclic) bond motifs is 1. The molecule has 122 valence electrons. The van der Waals surface area contributed by atoms with Gasteiger partial charge in [-0.2, -0.15) is 0 Å². The first-order chi connectivity index (χ1) is 11.5. The van der Waals surface area contributed by atoms with Crippen LogP contribution in [0.15, 0.2) is 42.5 Å². The summed E-state index contributed by atoms with van der Waals surface area (Å²) in [4.78, 5) is 37.6. The second kappa shape index (κ2) is 6.33. The van der Waals surface area contributed by atoms with E-state index in [0.717, 1.165) is 4.90 Å². The normalized spacial score (nSPS) is 13.0. The molecule has 0 saturated heterocycles. The summed E-state index contributed by atoms with van der Waals surface area (Å²) in [5, 5.41) is 2.99. The summed E-state index contributed by atoms with van der Waals surface area (Å²) in [6, 6.07) is 11.2. The van der Waals surface area contributed by atoms with E-state index in [1.807, 2.05) is 0 Å². The molecule has 2 aromatic carbocycles. The number of amides is 3. The van der Waals surface area contributed by atoms with E-state index in [9.17, 15) is 14.4 Å². The van der Waals surface area contributed by atoms with Crippen molar-refractivity contribution < 1.29 is 19.1 Å². The Morgan fingerprint density at radius 3 is 2.62 bits per heavy atom. The van der Waals surface area contributed by atoms with E-state index in [0.29, 0.717) is 16.5 Å². The van der Waals surface area contributed by atoms with Crippen molar-refractivity contribution in [3.8, 4) is 5.75 Å². The molecule has 0 spiro atoms. The summed E-state index contributed by atoms with van der Waals surface area (Å²) in [6.07, 6.45) is 0. The molecule has 7 heteroatoms. The Hall–Kier alpha value is -2.86. The minimum atomic E-state index is -0.529. The zero-order valence-electron chi connectivity index (χ0n) is 12.7. The summed E-state index contributed by atoms with van der Waals surface area (Å²) < 4.78 is 5.08. The monoisotopic (exact) mass is 344 g/mol. The van der Waals surface area contributed by atoms with Crippen LogP contribution in [0.4, 0.5) is 5.69 Å². The number of nitrogens with one attached hydrogen (secondary N) is 1. The molecule has 1 aliphatic heterocycles. The van der Waals surface area contributed by atoms with Gasteiger partial charge in [0.05, 0.1) is 18.2 Å². The van der Waals surface area contributed by atoms with Crippen LogP contribution in [0, 0.1) is 0 Å².